The van der Waals surface area contributed by atoms with Crippen LogP contribution < -0.4 is 5.32 Å². The number of carbonyl (C=O) groups excluding carboxylic acids is 2. The number of aromatic amines is 1. The van der Waals surface area contributed by atoms with Crippen molar-refractivity contribution in [2.75, 3.05) is 59.0 Å². The van der Waals surface area contributed by atoms with Gasteiger partial charge in [-0.05, 0) is 95.9 Å². The van der Waals surface area contributed by atoms with Crippen LogP contribution in [0.15, 0.2) is 24.8 Å². The predicted octanol–water partition coefficient (Wildman–Crippen LogP) is 3.79. The highest BCUT2D eigenvalue weighted by atomic mass is 16.5. The molecule has 0 aromatic carbocycles. The number of hydrogen-bond donors (Lipinski definition) is 2. The Morgan fingerprint density at radius 1 is 1.00 bits per heavy atom. The zero-order valence-electron chi connectivity index (χ0n) is 27.7. The fraction of sp³-hybridized carbons (Fsp3) is 0.765. The van der Waals surface area contributed by atoms with Gasteiger partial charge in [0.1, 0.15) is 11.6 Å². The van der Waals surface area contributed by atoms with Crippen LogP contribution in [0.2, 0.25) is 0 Å². The van der Waals surface area contributed by atoms with Crippen molar-refractivity contribution >= 4 is 11.9 Å². The number of nitrogens with zero attached hydrogens (tertiary/aromatic N) is 6. The molecular weight excluding hydrogens is 568 g/mol. The zero-order valence-corrected chi connectivity index (χ0v) is 27.7. The van der Waals surface area contributed by atoms with E-state index in [9.17, 15) is 9.59 Å². The van der Waals surface area contributed by atoms with E-state index in [0.29, 0.717) is 24.8 Å². The summed E-state index contributed by atoms with van der Waals surface area (Å²) in [5.41, 5.74) is 0.534. The normalized spacial score (nSPS) is 19.6. The van der Waals surface area contributed by atoms with Gasteiger partial charge in [-0.3, -0.25) is 9.59 Å². The lowest BCUT2D eigenvalue weighted by Gasteiger charge is -2.42. The summed E-state index contributed by atoms with van der Waals surface area (Å²) < 4.78 is 7.51. The molecule has 250 valence electrons. The molecule has 2 N–H and O–H groups in total. The van der Waals surface area contributed by atoms with E-state index < -0.39 is 0 Å². The van der Waals surface area contributed by atoms with Crippen LogP contribution in [0.3, 0.4) is 0 Å². The lowest BCUT2D eigenvalue weighted by atomic mass is 9.77. The summed E-state index contributed by atoms with van der Waals surface area (Å²) in [5.74, 6) is 1.48. The number of imidazole rings is 2. The second kappa shape index (κ2) is 16.7. The number of esters is 1. The number of H-pyrrole nitrogens is 1. The number of piperidine rings is 1. The van der Waals surface area contributed by atoms with Crippen molar-refractivity contribution in [3.8, 4) is 0 Å². The summed E-state index contributed by atoms with van der Waals surface area (Å²) in [6.07, 6.45) is 18.9. The first-order chi connectivity index (χ1) is 22.0. The van der Waals surface area contributed by atoms with Gasteiger partial charge in [0.15, 0.2) is 6.61 Å². The monoisotopic (exact) mass is 624 g/mol. The van der Waals surface area contributed by atoms with Crippen molar-refractivity contribution in [1.29, 1.82) is 0 Å². The third-order valence-corrected chi connectivity index (χ3v) is 10.5. The Balaban J connectivity index is 1.02. The van der Waals surface area contributed by atoms with Gasteiger partial charge in [-0.2, -0.15) is 0 Å². The Bertz CT molecular complexity index is 1170. The van der Waals surface area contributed by atoms with Gasteiger partial charge in [0.25, 0.3) is 5.91 Å². The van der Waals surface area contributed by atoms with Gasteiger partial charge in [0.2, 0.25) is 0 Å². The second-order valence-corrected chi connectivity index (χ2v) is 13.5. The number of aryl methyl sites for hydroxylation is 1. The van der Waals surface area contributed by atoms with Crippen LogP contribution in [0.5, 0.6) is 0 Å². The van der Waals surface area contributed by atoms with E-state index in [2.05, 4.69) is 49.7 Å². The van der Waals surface area contributed by atoms with Gasteiger partial charge >= 0.3 is 5.97 Å². The number of likely N-dealkylation sites (tertiary alicyclic amines) is 3. The third-order valence-electron chi connectivity index (χ3n) is 10.5. The minimum absolute atomic E-state index is 0.0433. The fourth-order valence-electron chi connectivity index (χ4n) is 7.69. The Hall–Kier alpha value is -2.76. The smallest absolute Gasteiger partial charge is 0.306 e. The molecule has 45 heavy (non-hydrogen) atoms. The lowest BCUT2D eigenvalue weighted by molar-refractivity contribution is -0.151. The van der Waals surface area contributed by atoms with Gasteiger partial charge in [-0.15, -0.1) is 0 Å². The van der Waals surface area contributed by atoms with Gasteiger partial charge in [0.05, 0.1) is 6.04 Å². The summed E-state index contributed by atoms with van der Waals surface area (Å²) >= 11 is 0. The minimum Gasteiger partial charge on any atom is -0.456 e. The second-order valence-electron chi connectivity index (χ2n) is 13.5. The van der Waals surface area contributed by atoms with Crippen LogP contribution in [-0.4, -0.2) is 111 Å². The molecule has 3 fully saturated rings. The Morgan fingerprint density at radius 3 is 2.51 bits per heavy atom. The van der Waals surface area contributed by atoms with E-state index in [0.717, 1.165) is 63.1 Å². The molecule has 5 heterocycles. The van der Waals surface area contributed by atoms with Gasteiger partial charge in [-0.1, -0.05) is 13.8 Å². The van der Waals surface area contributed by atoms with E-state index in [1.165, 1.54) is 58.3 Å². The number of nitrogens with one attached hydrogen (secondary N) is 2. The summed E-state index contributed by atoms with van der Waals surface area (Å²) in [5, 5.41) is 3.56. The Labute approximate surface area is 269 Å². The minimum atomic E-state index is -0.328. The standard InChI is InChI=1S/C34H56N8O3/c1-3-28(4-2)40-22-11-34(12-23-40)10-21-39(27-34)17-8-20-41-24-16-36-30(41)25-29(33-37-14-15-38-33)35-13-7-9-32(44)45-26-31(43)42-18-5-6-19-42/h14-16,24,28-29,35H,3-13,17-23,25-27H2,1-2H3,(H,37,38). The van der Waals surface area contributed by atoms with E-state index >= 15 is 0 Å². The molecule has 1 unspecified atom stereocenters. The van der Waals surface area contributed by atoms with Gasteiger partial charge < -0.3 is 34.3 Å². The van der Waals surface area contributed by atoms with Crippen molar-refractivity contribution in [3.63, 3.8) is 0 Å². The summed E-state index contributed by atoms with van der Waals surface area (Å²) in [6.45, 7) is 13.8. The molecule has 11 heteroatoms. The van der Waals surface area contributed by atoms with Crippen molar-refractivity contribution in [2.45, 2.75) is 103 Å². The highest BCUT2D eigenvalue weighted by Gasteiger charge is 2.41. The van der Waals surface area contributed by atoms with Gasteiger partial charge in [-0.25, -0.2) is 9.97 Å². The maximum atomic E-state index is 12.2. The SMILES string of the molecule is CCC(CC)N1CCC2(CCN(CCCn3ccnc3CC(NCCCC(=O)OCC(=O)N3CCCC3)c3ncc[nH]3)C2)CC1. The predicted molar refractivity (Wildman–Crippen MR) is 175 cm³/mol. The molecule has 2 aromatic rings. The average molecular weight is 625 g/mol. The van der Waals surface area contributed by atoms with Crippen LogP contribution in [0.4, 0.5) is 0 Å². The van der Waals surface area contributed by atoms with Crippen LogP contribution in [0, 0.1) is 5.41 Å². The Morgan fingerprint density at radius 2 is 1.78 bits per heavy atom. The molecule has 11 nitrogen and oxygen atoms in total. The molecule has 2 aromatic heterocycles. The zero-order chi connectivity index (χ0) is 31.5. The molecule has 0 bridgehead atoms. The topological polar surface area (TPSA) is 112 Å². The number of carbonyl (C=O) groups is 2. The molecule has 1 atom stereocenters. The highest BCUT2D eigenvalue weighted by Crippen LogP contribution is 2.41. The molecule has 3 saturated heterocycles. The largest absolute Gasteiger partial charge is 0.456 e. The summed E-state index contributed by atoms with van der Waals surface area (Å²) in [6, 6.07) is 0.719. The molecule has 0 saturated carbocycles. The van der Waals surface area contributed by atoms with Crippen molar-refractivity contribution in [1.82, 2.24) is 39.5 Å². The molecule has 3 aliphatic heterocycles. The van der Waals surface area contributed by atoms with Crippen LogP contribution in [-0.2, 0) is 27.3 Å². The average Bonchev–Trinajstić information content (AvgIpc) is 3.88. The Kier molecular flexibility index (Phi) is 12.5. The number of aromatic nitrogens is 4. The van der Waals surface area contributed by atoms with E-state index in [1.807, 2.05) is 12.4 Å². The lowest BCUT2D eigenvalue weighted by Crippen LogP contribution is -2.45. The van der Waals surface area contributed by atoms with Gasteiger partial charge in [0, 0.05) is 69.8 Å². The molecule has 5 rings (SSSR count). The van der Waals surface area contributed by atoms with Crippen LogP contribution in [0.1, 0.15) is 95.7 Å². The summed E-state index contributed by atoms with van der Waals surface area (Å²) in [4.78, 5) is 44.0. The third kappa shape index (κ3) is 9.39. The van der Waals surface area contributed by atoms with E-state index in [4.69, 9.17) is 9.72 Å². The van der Waals surface area contributed by atoms with Crippen molar-refractivity contribution < 1.29 is 14.3 Å². The maximum absolute atomic E-state index is 12.2. The number of ether oxygens (including phenoxy) is 1. The first-order valence-electron chi connectivity index (χ1n) is 17.6. The van der Waals surface area contributed by atoms with Crippen molar-refractivity contribution in [3.05, 3.63) is 36.4 Å². The number of rotatable bonds is 17. The molecule has 0 aliphatic carbocycles. The fourth-order valence-corrected chi connectivity index (χ4v) is 7.69. The molecular formula is C34H56N8O3. The first-order valence-corrected chi connectivity index (χ1v) is 17.6. The highest BCUT2D eigenvalue weighted by molar-refractivity contribution is 5.80. The maximum Gasteiger partial charge on any atom is 0.306 e. The molecule has 1 spiro atoms. The van der Waals surface area contributed by atoms with Crippen LogP contribution >= 0.6 is 0 Å². The summed E-state index contributed by atoms with van der Waals surface area (Å²) in [7, 11) is 0. The van der Waals surface area contributed by atoms with Crippen molar-refractivity contribution in [2.24, 2.45) is 5.41 Å². The van der Waals surface area contributed by atoms with Crippen LogP contribution in [0.25, 0.3) is 0 Å². The molecule has 0 radical (unpaired) electrons. The molecule has 1 amide bonds. The molecule has 3 aliphatic rings. The van der Waals surface area contributed by atoms with E-state index in [-0.39, 0.29) is 30.9 Å². The van der Waals surface area contributed by atoms with E-state index in [1.54, 1.807) is 11.1 Å². The number of hydrogen-bond acceptors (Lipinski definition) is 8. The first kappa shape index (κ1) is 33.6. The quantitative estimate of drug-likeness (QED) is 0.202. The number of amides is 1.